The second-order valence-corrected chi connectivity index (χ2v) is 25.9. The number of rotatable bonds is 63. The van der Waals surface area contributed by atoms with Crippen molar-refractivity contribution in [3.05, 3.63) is 109 Å². The third-order valence-corrected chi connectivity index (χ3v) is 16.2. The molecule has 0 radical (unpaired) electrons. The minimum Gasteiger partial charge on any atom is -0.756 e. The van der Waals surface area contributed by atoms with Crippen LogP contribution in [0.5, 0.6) is 0 Å². The lowest BCUT2D eigenvalue weighted by Gasteiger charge is -2.29. The van der Waals surface area contributed by atoms with Crippen molar-refractivity contribution >= 4 is 13.7 Å². The number of aliphatic hydroxyl groups excluding tert-OH is 1. The van der Waals surface area contributed by atoms with E-state index in [1.165, 1.54) is 199 Å². The Morgan fingerprint density at radius 3 is 1.12 bits per heavy atom. The van der Waals surface area contributed by atoms with Crippen LogP contribution in [0.25, 0.3) is 0 Å². The van der Waals surface area contributed by atoms with Gasteiger partial charge >= 0.3 is 0 Å². The van der Waals surface area contributed by atoms with E-state index in [0.717, 1.165) is 83.5 Å². The van der Waals surface area contributed by atoms with Crippen LogP contribution in [0.15, 0.2) is 109 Å². The molecule has 1 amide bonds. The molecule has 2 N–H and O–H groups in total. The molecule has 0 aliphatic carbocycles. The quantitative estimate of drug-likeness (QED) is 0.0272. The van der Waals surface area contributed by atoms with E-state index in [1.807, 2.05) is 27.2 Å². The van der Waals surface area contributed by atoms with Crippen molar-refractivity contribution in [1.29, 1.82) is 0 Å². The predicted octanol–water partition coefficient (Wildman–Crippen LogP) is 21.6. The summed E-state index contributed by atoms with van der Waals surface area (Å²) in [5.41, 5.74) is 0. The molecule has 0 saturated carbocycles. The number of phosphoric acid groups is 1. The number of aliphatic hydroxyl groups is 1. The van der Waals surface area contributed by atoms with E-state index in [0.29, 0.717) is 17.4 Å². The van der Waals surface area contributed by atoms with Crippen LogP contribution in [0.4, 0.5) is 0 Å². The highest BCUT2D eigenvalue weighted by Gasteiger charge is 2.23. The van der Waals surface area contributed by atoms with E-state index in [9.17, 15) is 19.4 Å². The van der Waals surface area contributed by atoms with E-state index < -0.39 is 26.6 Å². The molecule has 0 heterocycles. The Bertz CT molecular complexity index is 1720. The van der Waals surface area contributed by atoms with Gasteiger partial charge in [0.25, 0.3) is 7.82 Å². The Balaban J connectivity index is 4.17. The van der Waals surface area contributed by atoms with Crippen molar-refractivity contribution in [3.8, 4) is 0 Å². The van der Waals surface area contributed by atoms with Gasteiger partial charge in [0.05, 0.1) is 39.9 Å². The standard InChI is InChI=1S/C74H133N2O6P/c1-6-8-10-12-14-16-18-20-22-24-26-28-30-32-34-36-38-40-42-44-46-48-50-52-54-56-58-60-62-64-66-68-74(78)75-72(71-82-83(79,80)81-70-69-76(3,4)5)73(77)67-65-63-61-59-57-55-53-51-49-47-45-43-41-39-37-35-33-31-29-27-25-23-21-19-17-15-13-11-9-7-2/h8,10,14,16,20,22,26,28,32,34,38,40,49,51,57,59,65,67,72-73,77H,6-7,9,11-13,15,17-19,21,23-25,27,29-31,33,35-37,39,41-48,50,52-56,58,60-64,66,68-71H2,1-5H3,(H-,75,78,79,80)/b10-8-,16-14-,22-20-,28-26-,34-32-,40-38-,51-49+,59-57+,67-65+. The Hall–Kier alpha value is -2.84. The predicted molar refractivity (Wildman–Crippen MR) is 362 cm³/mol. The van der Waals surface area contributed by atoms with Crippen molar-refractivity contribution in [2.75, 3.05) is 40.9 Å². The first kappa shape index (κ1) is 80.2. The van der Waals surface area contributed by atoms with Gasteiger partial charge in [-0.05, 0) is 96.3 Å². The largest absolute Gasteiger partial charge is 0.756 e. The van der Waals surface area contributed by atoms with Gasteiger partial charge in [0.2, 0.25) is 5.91 Å². The van der Waals surface area contributed by atoms with E-state index in [1.54, 1.807) is 6.08 Å². The Morgan fingerprint density at radius 1 is 0.434 bits per heavy atom. The van der Waals surface area contributed by atoms with Gasteiger partial charge in [-0.2, -0.15) is 0 Å². The molecule has 0 rings (SSSR count). The summed E-state index contributed by atoms with van der Waals surface area (Å²) in [7, 11) is 1.23. The third kappa shape index (κ3) is 66.5. The number of carbonyl (C=O) groups excluding carboxylic acids is 1. The molecular formula is C74H133N2O6P. The maximum atomic E-state index is 13.0. The molecule has 480 valence electrons. The van der Waals surface area contributed by atoms with Gasteiger partial charge in [0.1, 0.15) is 13.2 Å². The Labute approximate surface area is 514 Å². The summed E-state index contributed by atoms with van der Waals surface area (Å²) < 4.78 is 23.4. The third-order valence-electron chi connectivity index (χ3n) is 15.2. The first-order valence-electron chi connectivity index (χ1n) is 34.7. The fourth-order valence-electron chi connectivity index (χ4n) is 9.84. The van der Waals surface area contributed by atoms with Crippen LogP contribution in [0, 0.1) is 0 Å². The number of nitrogens with one attached hydrogen (secondary N) is 1. The minimum atomic E-state index is -4.62. The fourth-order valence-corrected chi connectivity index (χ4v) is 10.6. The van der Waals surface area contributed by atoms with Crippen LogP contribution >= 0.6 is 7.82 Å². The molecule has 0 aromatic heterocycles. The van der Waals surface area contributed by atoms with Crippen molar-refractivity contribution < 1.29 is 32.9 Å². The molecule has 9 heteroatoms. The topological polar surface area (TPSA) is 108 Å². The summed E-state index contributed by atoms with van der Waals surface area (Å²) in [6.07, 6.45) is 93.5. The molecule has 0 aromatic carbocycles. The van der Waals surface area contributed by atoms with Gasteiger partial charge in [-0.1, -0.05) is 309 Å². The van der Waals surface area contributed by atoms with Crippen molar-refractivity contribution in [2.45, 2.75) is 315 Å². The number of hydrogen-bond acceptors (Lipinski definition) is 6. The van der Waals surface area contributed by atoms with Gasteiger partial charge in [0, 0.05) is 6.42 Å². The lowest BCUT2D eigenvalue weighted by molar-refractivity contribution is -0.870. The zero-order valence-corrected chi connectivity index (χ0v) is 55.8. The number of quaternary nitrogens is 1. The normalized spacial score (nSPS) is 14.3. The van der Waals surface area contributed by atoms with Crippen LogP contribution in [-0.2, 0) is 18.4 Å². The zero-order chi connectivity index (χ0) is 60.5. The summed E-state index contributed by atoms with van der Waals surface area (Å²) >= 11 is 0. The minimum absolute atomic E-state index is 0.0138. The van der Waals surface area contributed by atoms with Gasteiger partial charge in [0.15, 0.2) is 0 Å². The second-order valence-electron chi connectivity index (χ2n) is 24.5. The van der Waals surface area contributed by atoms with Crippen LogP contribution in [0.1, 0.15) is 303 Å². The fraction of sp³-hybridized carbons (Fsp3) is 0.743. The van der Waals surface area contributed by atoms with Crippen molar-refractivity contribution in [1.82, 2.24) is 5.32 Å². The molecule has 0 bridgehead atoms. The highest BCUT2D eigenvalue weighted by molar-refractivity contribution is 7.45. The van der Waals surface area contributed by atoms with Gasteiger partial charge in [-0.3, -0.25) is 9.36 Å². The molecule has 3 atom stereocenters. The molecule has 3 unspecified atom stereocenters. The smallest absolute Gasteiger partial charge is 0.268 e. The number of carbonyl (C=O) groups is 1. The first-order valence-corrected chi connectivity index (χ1v) is 36.2. The monoisotopic (exact) mass is 1180 g/mol. The van der Waals surface area contributed by atoms with E-state index in [-0.39, 0.29) is 12.5 Å². The molecule has 0 aliphatic heterocycles. The lowest BCUT2D eigenvalue weighted by atomic mass is 10.0. The molecule has 8 nitrogen and oxygen atoms in total. The Kier molecular flexibility index (Phi) is 61.5. The summed E-state index contributed by atoms with van der Waals surface area (Å²) in [4.78, 5) is 25.6. The number of nitrogens with zero attached hydrogens (tertiary/aromatic N) is 1. The molecule has 0 aromatic rings. The summed E-state index contributed by atoms with van der Waals surface area (Å²) in [6, 6.07) is -0.920. The van der Waals surface area contributed by atoms with Crippen molar-refractivity contribution in [2.24, 2.45) is 0 Å². The molecular weight excluding hydrogens is 1040 g/mol. The number of allylic oxidation sites excluding steroid dienone is 17. The second kappa shape index (κ2) is 63.7. The van der Waals surface area contributed by atoms with Gasteiger partial charge in [-0.25, -0.2) is 0 Å². The molecule has 83 heavy (non-hydrogen) atoms. The van der Waals surface area contributed by atoms with Crippen LogP contribution in [0.3, 0.4) is 0 Å². The lowest BCUT2D eigenvalue weighted by Crippen LogP contribution is -2.45. The van der Waals surface area contributed by atoms with Crippen LogP contribution in [0.2, 0.25) is 0 Å². The molecule has 0 aliphatic rings. The number of likely N-dealkylation sites (N-methyl/N-ethyl adjacent to an activating group) is 1. The number of amides is 1. The maximum absolute atomic E-state index is 13.0. The van der Waals surface area contributed by atoms with Crippen molar-refractivity contribution in [3.63, 3.8) is 0 Å². The zero-order valence-electron chi connectivity index (χ0n) is 54.9. The van der Waals surface area contributed by atoms with E-state index >= 15 is 0 Å². The molecule has 0 spiro atoms. The van der Waals surface area contributed by atoms with Crippen LogP contribution < -0.4 is 10.2 Å². The maximum Gasteiger partial charge on any atom is 0.268 e. The molecule has 0 saturated heterocycles. The van der Waals surface area contributed by atoms with E-state index in [2.05, 4.69) is 116 Å². The van der Waals surface area contributed by atoms with Crippen LogP contribution in [-0.4, -0.2) is 68.5 Å². The highest BCUT2D eigenvalue weighted by atomic mass is 31.2. The van der Waals surface area contributed by atoms with E-state index in [4.69, 9.17) is 9.05 Å². The summed E-state index contributed by atoms with van der Waals surface area (Å²) in [6.45, 7) is 4.53. The SMILES string of the molecule is CC/C=C\C/C=C\C/C=C\C/C=C\C/C=C\C/C=C\CCCCCCCCCCCCCCC(=O)NC(COP(=O)([O-])OCC[N+](C)(C)C)C(O)/C=C/CC/C=C/CC/C=C/CCCCCCCCCCCCCCCCCCCCCC. The van der Waals surface area contributed by atoms with Gasteiger partial charge in [-0.15, -0.1) is 0 Å². The first-order chi connectivity index (χ1) is 40.5. The van der Waals surface area contributed by atoms with Gasteiger partial charge < -0.3 is 28.8 Å². The highest BCUT2D eigenvalue weighted by Crippen LogP contribution is 2.38. The number of unbranched alkanes of at least 4 members (excludes halogenated alkanes) is 34. The molecule has 0 fully saturated rings. The Morgan fingerprint density at radius 2 is 0.747 bits per heavy atom. The average Bonchev–Trinajstić information content (AvgIpc) is 3.49. The number of phosphoric ester groups is 1. The summed E-state index contributed by atoms with van der Waals surface area (Å²) in [5.74, 6) is -0.215. The summed E-state index contributed by atoms with van der Waals surface area (Å²) in [5, 5.41) is 13.9. The number of hydrogen-bond donors (Lipinski definition) is 2. The average molecular weight is 1180 g/mol.